The van der Waals surface area contributed by atoms with Crippen molar-refractivity contribution in [2.45, 2.75) is 50.6 Å². The topological polar surface area (TPSA) is 56.8 Å². The number of morpholine rings is 1. The number of piperazine rings is 1. The molecule has 2 heterocycles. The van der Waals surface area contributed by atoms with Gasteiger partial charge in [0, 0.05) is 50.8 Å². The second-order valence-corrected chi connectivity index (χ2v) is 7.68. The van der Waals surface area contributed by atoms with Crippen molar-refractivity contribution in [1.29, 1.82) is 0 Å². The molecule has 0 spiro atoms. The fourth-order valence-corrected chi connectivity index (χ4v) is 4.47. The number of hydrogen-bond acceptors (Lipinski definition) is 5. The number of carbonyl (C=O) groups is 1. The molecule has 0 unspecified atom stereocenters. The molecule has 1 atom stereocenters. The Hall–Kier alpha value is -0.110. The minimum atomic E-state index is 0. The molecule has 2 N–H and O–H groups in total. The Balaban J connectivity index is 0.00000169. The Morgan fingerprint density at radius 3 is 2.50 bits per heavy atom. The van der Waals surface area contributed by atoms with Gasteiger partial charge in [0.05, 0.1) is 19.8 Å². The summed E-state index contributed by atoms with van der Waals surface area (Å²) in [6, 6.07) is 0.437. The van der Waals surface area contributed by atoms with Crippen molar-refractivity contribution in [1.82, 2.24) is 20.4 Å². The fraction of sp³-hybridized carbons (Fsp3) is 0.944. The maximum absolute atomic E-state index is 12.5. The molecule has 0 bridgehead atoms. The van der Waals surface area contributed by atoms with Gasteiger partial charge in [0.1, 0.15) is 0 Å². The Labute approximate surface area is 170 Å². The van der Waals surface area contributed by atoms with Crippen LogP contribution in [0.15, 0.2) is 0 Å². The van der Waals surface area contributed by atoms with Crippen LogP contribution in [0, 0.1) is 0 Å². The highest BCUT2D eigenvalue weighted by Crippen LogP contribution is 2.33. The van der Waals surface area contributed by atoms with Gasteiger partial charge in [-0.3, -0.25) is 14.6 Å². The molecule has 1 amide bonds. The third-order valence-corrected chi connectivity index (χ3v) is 6.07. The van der Waals surface area contributed by atoms with Gasteiger partial charge < -0.3 is 15.4 Å². The highest BCUT2D eigenvalue weighted by atomic mass is 35.5. The highest BCUT2D eigenvalue weighted by Gasteiger charge is 2.38. The van der Waals surface area contributed by atoms with Crippen molar-refractivity contribution in [2.75, 3.05) is 59.0 Å². The number of rotatable bonds is 5. The second kappa shape index (κ2) is 11.7. The van der Waals surface area contributed by atoms with E-state index in [0.29, 0.717) is 12.6 Å². The van der Waals surface area contributed by atoms with Gasteiger partial charge in [0.25, 0.3) is 0 Å². The van der Waals surface area contributed by atoms with E-state index >= 15 is 0 Å². The Kier molecular flexibility index (Phi) is 10.7. The lowest BCUT2D eigenvalue weighted by atomic mass is 9.79. The molecule has 3 aliphatic rings. The summed E-state index contributed by atoms with van der Waals surface area (Å²) in [4.78, 5) is 17.4. The average molecular weight is 411 g/mol. The van der Waals surface area contributed by atoms with Crippen LogP contribution < -0.4 is 10.6 Å². The second-order valence-electron chi connectivity index (χ2n) is 7.68. The molecule has 2 saturated heterocycles. The Bertz CT molecular complexity index is 416. The van der Waals surface area contributed by atoms with E-state index < -0.39 is 0 Å². The predicted octanol–water partition coefficient (Wildman–Crippen LogP) is 1.28. The molecule has 0 aromatic carbocycles. The van der Waals surface area contributed by atoms with E-state index in [1.807, 2.05) is 0 Å². The molecule has 3 fully saturated rings. The number of nitrogens with zero attached hydrogens (tertiary/aromatic N) is 2. The van der Waals surface area contributed by atoms with Crippen molar-refractivity contribution in [3.63, 3.8) is 0 Å². The van der Waals surface area contributed by atoms with E-state index in [-0.39, 0.29) is 36.3 Å². The van der Waals surface area contributed by atoms with E-state index in [0.717, 1.165) is 52.5 Å². The SMILES string of the molecule is C[C@H]1CNCCN1CC(=O)NCC1(N2CCOCC2)CCCCC1.Cl.Cl. The van der Waals surface area contributed by atoms with E-state index in [1.54, 1.807) is 0 Å². The zero-order valence-corrected chi connectivity index (χ0v) is 17.6. The van der Waals surface area contributed by atoms with Crippen LogP contribution in [0.2, 0.25) is 0 Å². The van der Waals surface area contributed by atoms with Crippen molar-refractivity contribution < 1.29 is 9.53 Å². The summed E-state index contributed by atoms with van der Waals surface area (Å²) in [5.74, 6) is 0.182. The van der Waals surface area contributed by atoms with Gasteiger partial charge in [0.15, 0.2) is 0 Å². The first-order valence-corrected chi connectivity index (χ1v) is 9.74. The third-order valence-electron chi connectivity index (χ3n) is 6.07. The first-order chi connectivity index (χ1) is 11.7. The van der Waals surface area contributed by atoms with Crippen LogP contribution >= 0.6 is 24.8 Å². The average Bonchev–Trinajstić information content (AvgIpc) is 2.63. The van der Waals surface area contributed by atoms with Crippen LogP contribution in [0.3, 0.4) is 0 Å². The molecule has 0 aromatic rings. The summed E-state index contributed by atoms with van der Waals surface area (Å²) in [5.41, 5.74) is 0.159. The van der Waals surface area contributed by atoms with E-state index in [2.05, 4.69) is 27.4 Å². The first-order valence-electron chi connectivity index (χ1n) is 9.74. The van der Waals surface area contributed by atoms with Crippen LogP contribution in [0.25, 0.3) is 0 Å². The molecule has 8 heteroatoms. The van der Waals surface area contributed by atoms with Gasteiger partial charge in [-0.1, -0.05) is 19.3 Å². The van der Waals surface area contributed by atoms with Crippen LogP contribution in [-0.2, 0) is 9.53 Å². The van der Waals surface area contributed by atoms with Crippen LogP contribution in [0.4, 0.5) is 0 Å². The molecule has 0 radical (unpaired) electrons. The van der Waals surface area contributed by atoms with Gasteiger partial charge in [-0.25, -0.2) is 0 Å². The normalized spacial score (nSPS) is 27.0. The van der Waals surface area contributed by atoms with Gasteiger partial charge in [0.2, 0.25) is 5.91 Å². The summed E-state index contributed by atoms with van der Waals surface area (Å²) in [5, 5.41) is 6.65. The first kappa shape index (κ1) is 23.9. The largest absolute Gasteiger partial charge is 0.379 e. The molecule has 0 aromatic heterocycles. The number of carbonyl (C=O) groups excluding carboxylic acids is 1. The highest BCUT2D eigenvalue weighted by molar-refractivity contribution is 5.85. The monoisotopic (exact) mass is 410 g/mol. The fourth-order valence-electron chi connectivity index (χ4n) is 4.47. The smallest absolute Gasteiger partial charge is 0.234 e. The van der Waals surface area contributed by atoms with Crippen LogP contribution in [0.5, 0.6) is 0 Å². The van der Waals surface area contributed by atoms with Crippen LogP contribution in [-0.4, -0.2) is 86.3 Å². The van der Waals surface area contributed by atoms with Crippen molar-refractivity contribution in [2.24, 2.45) is 0 Å². The summed E-state index contributed by atoms with van der Waals surface area (Å²) >= 11 is 0. The number of amides is 1. The number of ether oxygens (including phenoxy) is 1. The van der Waals surface area contributed by atoms with Crippen molar-refractivity contribution >= 4 is 30.7 Å². The summed E-state index contributed by atoms with van der Waals surface area (Å²) in [6.07, 6.45) is 6.30. The maximum Gasteiger partial charge on any atom is 0.234 e. The minimum Gasteiger partial charge on any atom is -0.379 e. The summed E-state index contributed by atoms with van der Waals surface area (Å²) in [6.45, 7) is 10.1. The molecule has 154 valence electrons. The lowest BCUT2D eigenvalue weighted by Gasteiger charge is -2.48. The maximum atomic E-state index is 12.5. The van der Waals surface area contributed by atoms with Crippen LogP contribution in [0.1, 0.15) is 39.0 Å². The lowest BCUT2D eigenvalue weighted by molar-refractivity contribution is -0.124. The van der Waals surface area contributed by atoms with Gasteiger partial charge >= 0.3 is 0 Å². The quantitative estimate of drug-likeness (QED) is 0.714. The Morgan fingerprint density at radius 2 is 1.85 bits per heavy atom. The molecule has 2 aliphatic heterocycles. The van der Waals surface area contributed by atoms with Gasteiger partial charge in [-0.05, 0) is 19.8 Å². The number of halogens is 2. The molecule has 1 aliphatic carbocycles. The number of nitrogens with one attached hydrogen (secondary N) is 2. The molecule has 1 saturated carbocycles. The van der Waals surface area contributed by atoms with Gasteiger partial charge in [-0.2, -0.15) is 0 Å². The Morgan fingerprint density at radius 1 is 1.15 bits per heavy atom. The molecular weight excluding hydrogens is 375 g/mol. The standard InChI is InChI=1S/C18H34N4O2.2ClH/c1-16-13-19-7-8-21(16)14-17(23)20-15-18(5-3-2-4-6-18)22-9-11-24-12-10-22;;/h16,19H,2-15H2,1H3,(H,20,23);2*1H/t16-;;/m0../s1. The summed E-state index contributed by atoms with van der Waals surface area (Å²) in [7, 11) is 0. The van der Waals surface area contributed by atoms with E-state index in [1.165, 1.54) is 32.1 Å². The summed E-state index contributed by atoms with van der Waals surface area (Å²) < 4.78 is 5.53. The van der Waals surface area contributed by atoms with Crippen molar-refractivity contribution in [3.8, 4) is 0 Å². The molecule has 3 rings (SSSR count). The van der Waals surface area contributed by atoms with E-state index in [4.69, 9.17) is 4.74 Å². The zero-order chi connectivity index (χ0) is 16.8. The molecule has 26 heavy (non-hydrogen) atoms. The lowest BCUT2D eigenvalue weighted by Crippen LogP contribution is -2.60. The molecule has 6 nitrogen and oxygen atoms in total. The third kappa shape index (κ3) is 6.21. The minimum absolute atomic E-state index is 0. The predicted molar refractivity (Wildman–Crippen MR) is 110 cm³/mol. The van der Waals surface area contributed by atoms with E-state index in [9.17, 15) is 4.79 Å². The van der Waals surface area contributed by atoms with Gasteiger partial charge in [-0.15, -0.1) is 24.8 Å². The molecular formula is C18H36Cl2N4O2. The number of hydrogen-bond donors (Lipinski definition) is 2. The zero-order valence-electron chi connectivity index (χ0n) is 16.0. The van der Waals surface area contributed by atoms with Crippen molar-refractivity contribution in [3.05, 3.63) is 0 Å².